The molecule has 0 bridgehead atoms. The van der Waals surface area contributed by atoms with E-state index in [1.165, 1.54) is 0 Å². The summed E-state index contributed by atoms with van der Waals surface area (Å²) in [6.45, 7) is 2.54. The predicted molar refractivity (Wildman–Crippen MR) is 110 cm³/mol. The minimum Gasteiger partial charge on any atom is -0.434 e. The van der Waals surface area contributed by atoms with Crippen molar-refractivity contribution in [2.24, 2.45) is 4.99 Å². The molecule has 0 spiro atoms. The van der Waals surface area contributed by atoms with Gasteiger partial charge >= 0.3 is 6.61 Å². The number of benzene rings is 2. The van der Waals surface area contributed by atoms with E-state index in [1.54, 1.807) is 18.2 Å². The summed E-state index contributed by atoms with van der Waals surface area (Å²) in [6, 6.07) is 13.0. The maximum Gasteiger partial charge on any atom is 0.387 e. The molecule has 0 radical (unpaired) electrons. The second-order valence-corrected chi connectivity index (χ2v) is 6.56. The summed E-state index contributed by atoms with van der Waals surface area (Å²) >= 11 is 0. The zero-order valence-electron chi connectivity index (χ0n) is 16.5. The molecule has 29 heavy (non-hydrogen) atoms. The second kappa shape index (κ2) is 9.86. The number of rotatable bonds is 8. The molecule has 8 heteroatoms. The number of nitrogens with zero attached hydrogens (tertiary/aromatic N) is 2. The molecule has 154 valence electrons. The first-order chi connectivity index (χ1) is 14.0. The number of aromatic nitrogens is 2. The number of aromatic amines is 1. The van der Waals surface area contributed by atoms with Crippen LogP contribution >= 0.6 is 0 Å². The molecule has 0 saturated carbocycles. The molecule has 3 rings (SSSR count). The first-order valence-corrected chi connectivity index (χ1v) is 9.55. The van der Waals surface area contributed by atoms with Crippen molar-refractivity contribution >= 4 is 17.0 Å². The van der Waals surface area contributed by atoms with Crippen LogP contribution in [0.25, 0.3) is 11.0 Å². The Labute approximate surface area is 168 Å². The topological polar surface area (TPSA) is 74.3 Å². The first kappa shape index (κ1) is 20.6. The molecule has 0 aliphatic carbocycles. The van der Waals surface area contributed by atoms with E-state index in [9.17, 15) is 8.78 Å². The number of guanidine groups is 1. The van der Waals surface area contributed by atoms with Crippen molar-refractivity contribution in [3.63, 3.8) is 0 Å². The Kier molecular flexibility index (Phi) is 6.99. The van der Waals surface area contributed by atoms with Crippen LogP contribution in [0, 0.1) is 6.92 Å². The van der Waals surface area contributed by atoms with Crippen molar-refractivity contribution in [2.75, 3.05) is 13.1 Å². The molecule has 0 amide bonds. The molecule has 0 aliphatic heterocycles. The number of imidazole rings is 1. The van der Waals surface area contributed by atoms with E-state index in [0.29, 0.717) is 31.0 Å². The minimum atomic E-state index is -2.87. The predicted octanol–water partition coefficient (Wildman–Crippen LogP) is 3.77. The van der Waals surface area contributed by atoms with Crippen LogP contribution in [-0.4, -0.2) is 35.6 Å². The van der Waals surface area contributed by atoms with Gasteiger partial charge in [-0.15, -0.1) is 0 Å². The zero-order valence-corrected chi connectivity index (χ0v) is 16.5. The van der Waals surface area contributed by atoms with Crippen molar-refractivity contribution in [2.45, 2.75) is 33.4 Å². The molecule has 0 unspecified atom stereocenters. The van der Waals surface area contributed by atoms with E-state index in [-0.39, 0.29) is 12.3 Å². The van der Waals surface area contributed by atoms with Gasteiger partial charge in [-0.1, -0.05) is 29.8 Å². The standard InChI is InChI=1S/C21H25F2N5O/c1-3-24-21(25-11-10-19-27-16-6-4-5-7-17(16)28-19)26-13-15-12-14(2)8-9-18(15)29-20(22)23/h4-9,12,20H,3,10-11,13H2,1-2H3,(H,27,28)(H2,24,25,26). The second-order valence-electron chi connectivity index (χ2n) is 6.56. The average Bonchev–Trinajstić information content (AvgIpc) is 3.10. The Morgan fingerprint density at radius 2 is 2.03 bits per heavy atom. The Balaban J connectivity index is 1.63. The highest BCUT2D eigenvalue weighted by atomic mass is 19.3. The lowest BCUT2D eigenvalue weighted by atomic mass is 10.1. The Morgan fingerprint density at radius 3 is 2.79 bits per heavy atom. The maximum absolute atomic E-state index is 12.6. The van der Waals surface area contributed by atoms with Crippen molar-refractivity contribution in [3.05, 3.63) is 59.4 Å². The number of hydrogen-bond acceptors (Lipinski definition) is 3. The third-order valence-corrected chi connectivity index (χ3v) is 4.28. The number of hydrogen-bond donors (Lipinski definition) is 3. The molecule has 3 N–H and O–H groups in total. The van der Waals surface area contributed by atoms with Gasteiger partial charge in [-0.05, 0) is 32.0 Å². The van der Waals surface area contributed by atoms with E-state index in [0.717, 1.165) is 22.4 Å². The fourth-order valence-electron chi connectivity index (χ4n) is 2.97. The van der Waals surface area contributed by atoms with Gasteiger partial charge in [0, 0.05) is 25.1 Å². The largest absolute Gasteiger partial charge is 0.434 e. The number of nitrogens with one attached hydrogen (secondary N) is 3. The quantitative estimate of drug-likeness (QED) is 0.397. The number of alkyl halides is 2. The fourth-order valence-corrected chi connectivity index (χ4v) is 2.97. The van der Waals surface area contributed by atoms with E-state index >= 15 is 0 Å². The van der Waals surface area contributed by atoms with Crippen LogP contribution in [0.3, 0.4) is 0 Å². The number of halogens is 2. The summed E-state index contributed by atoms with van der Waals surface area (Å²) < 4.78 is 29.9. The van der Waals surface area contributed by atoms with Gasteiger partial charge in [0.1, 0.15) is 11.6 Å². The fraction of sp³-hybridized carbons (Fsp3) is 0.333. The van der Waals surface area contributed by atoms with Crippen LogP contribution in [-0.2, 0) is 13.0 Å². The molecular weight excluding hydrogens is 376 g/mol. The van der Waals surface area contributed by atoms with E-state index < -0.39 is 6.61 Å². The van der Waals surface area contributed by atoms with Crippen molar-refractivity contribution in [1.29, 1.82) is 0 Å². The van der Waals surface area contributed by atoms with Crippen molar-refractivity contribution in [3.8, 4) is 5.75 Å². The number of H-pyrrole nitrogens is 1. The molecule has 2 aromatic carbocycles. The average molecular weight is 401 g/mol. The van der Waals surface area contributed by atoms with Crippen molar-refractivity contribution in [1.82, 2.24) is 20.6 Å². The van der Waals surface area contributed by atoms with E-state index in [4.69, 9.17) is 0 Å². The van der Waals surface area contributed by atoms with Gasteiger partial charge in [0.15, 0.2) is 5.96 Å². The van der Waals surface area contributed by atoms with Gasteiger partial charge in [0.2, 0.25) is 0 Å². The highest BCUT2D eigenvalue weighted by Gasteiger charge is 2.10. The van der Waals surface area contributed by atoms with Crippen LogP contribution in [0.15, 0.2) is 47.5 Å². The summed E-state index contributed by atoms with van der Waals surface area (Å²) in [5, 5.41) is 6.41. The molecule has 6 nitrogen and oxygen atoms in total. The first-order valence-electron chi connectivity index (χ1n) is 9.55. The lowest BCUT2D eigenvalue weighted by molar-refractivity contribution is -0.0504. The highest BCUT2D eigenvalue weighted by Crippen LogP contribution is 2.22. The normalized spacial score (nSPS) is 11.8. The summed E-state index contributed by atoms with van der Waals surface area (Å²) in [7, 11) is 0. The summed E-state index contributed by atoms with van der Waals surface area (Å²) in [4.78, 5) is 12.4. The summed E-state index contributed by atoms with van der Waals surface area (Å²) in [5.41, 5.74) is 3.52. The number of aliphatic imine (C=N–C) groups is 1. The van der Waals surface area contributed by atoms with Gasteiger partial charge in [-0.25, -0.2) is 9.98 Å². The molecular formula is C21H25F2N5O. The Bertz CT molecular complexity index is 938. The number of aryl methyl sites for hydroxylation is 1. The van der Waals surface area contributed by atoms with E-state index in [2.05, 4.69) is 30.3 Å². The van der Waals surface area contributed by atoms with Crippen LogP contribution in [0.1, 0.15) is 23.9 Å². The third-order valence-electron chi connectivity index (χ3n) is 4.28. The number of para-hydroxylation sites is 2. The number of fused-ring (bicyclic) bond motifs is 1. The summed E-state index contributed by atoms with van der Waals surface area (Å²) in [5.74, 6) is 1.64. The number of ether oxygens (including phenoxy) is 1. The lowest BCUT2D eigenvalue weighted by Gasteiger charge is -2.13. The molecule has 0 fully saturated rings. The van der Waals surface area contributed by atoms with Gasteiger partial charge in [-0.3, -0.25) is 0 Å². The Hall–Kier alpha value is -3.16. The van der Waals surface area contributed by atoms with E-state index in [1.807, 2.05) is 38.1 Å². The van der Waals surface area contributed by atoms with Gasteiger partial charge in [0.05, 0.1) is 17.6 Å². The van der Waals surface area contributed by atoms with Crippen LogP contribution in [0.2, 0.25) is 0 Å². The van der Waals surface area contributed by atoms with Crippen LogP contribution < -0.4 is 15.4 Å². The molecule has 1 heterocycles. The molecule has 3 aromatic rings. The molecule has 0 saturated heterocycles. The Morgan fingerprint density at radius 1 is 1.21 bits per heavy atom. The lowest BCUT2D eigenvalue weighted by Crippen LogP contribution is -2.38. The third kappa shape index (κ3) is 5.91. The van der Waals surface area contributed by atoms with Gasteiger partial charge in [-0.2, -0.15) is 8.78 Å². The monoisotopic (exact) mass is 401 g/mol. The molecule has 0 atom stereocenters. The summed E-state index contributed by atoms with van der Waals surface area (Å²) in [6.07, 6.45) is 0.698. The highest BCUT2D eigenvalue weighted by molar-refractivity contribution is 5.79. The van der Waals surface area contributed by atoms with Crippen LogP contribution in [0.4, 0.5) is 8.78 Å². The maximum atomic E-state index is 12.6. The minimum absolute atomic E-state index is 0.146. The van der Waals surface area contributed by atoms with Crippen LogP contribution in [0.5, 0.6) is 5.75 Å². The smallest absolute Gasteiger partial charge is 0.387 e. The van der Waals surface area contributed by atoms with Crippen molar-refractivity contribution < 1.29 is 13.5 Å². The SMILES string of the molecule is CCNC(=NCc1cc(C)ccc1OC(F)F)NCCc1nc2ccccc2[nH]1. The molecule has 1 aromatic heterocycles. The zero-order chi connectivity index (χ0) is 20.6. The van der Waals surface area contributed by atoms with Gasteiger partial charge in [0.25, 0.3) is 0 Å². The molecule has 0 aliphatic rings. The van der Waals surface area contributed by atoms with Gasteiger partial charge < -0.3 is 20.4 Å².